The van der Waals surface area contributed by atoms with Gasteiger partial charge in [0.1, 0.15) is 0 Å². The highest BCUT2D eigenvalue weighted by atomic mass is 15.0. The Hall–Kier alpha value is -0.0800. The van der Waals surface area contributed by atoms with Crippen molar-refractivity contribution in [3.63, 3.8) is 0 Å². The Morgan fingerprint density at radius 2 is 1.89 bits per heavy atom. The first-order valence-electron chi connectivity index (χ1n) is 8.04. The molecule has 0 aliphatic heterocycles. The van der Waals surface area contributed by atoms with Gasteiger partial charge in [-0.05, 0) is 37.1 Å². The van der Waals surface area contributed by atoms with Crippen LogP contribution in [0.15, 0.2) is 0 Å². The number of hydrogen-bond acceptors (Lipinski definition) is 2. The lowest BCUT2D eigenvalue weighted by Crippen LogP contribution is -2.60. The van der Waals surface area contributed by atoms with E-state index >= 15 is 0 Å². The van der Waals surface area contributed by atoms with Gasteiger partial charge in [-0.25, -0.2) is 0 Å². The summed E-state index contributed by atoms with van der Waals surface area (Å²) >= 11 is 0. The van der Waals surface area contributed by atoms with Crippen LogP contribution in [-0.2, 0) is 0 Å². The Kier molecular flexibility index (Phi) is 6.65. The van der Waals surface area contributed by atoms with Crippen LogP contribution in [0.2, 0.25) is 0 Å². The van der Waals surface area contributed by atoms with E-state index in [1.165, 1.54) is 38.5 Å². The molecule has 2 unspecified atom stereocenters. The minimum atomic E-state index is 0.217. The molecule has 0 radical (unpaired) electrons. The van der Waals surface area contributed by atoms with E-state index in [1.54, 1.807) is 0 Å². The van der Waals surface area contributed by atoms with E-state index in [2.05, 4.69) is 33.0 Å². The highest BCUT2D eigenvalue weighted by molar-refractivity contribution is 4.99. The summed E-state index contributed by atoms with van der Waals surface area (Å²) in [6.45, 7) is 11.3. The molecule has 1 fully saturated rings. The van der Waals surface area contributed by atoms with Crippen LogP contribution in [0.1, 0.15) is 66.2 Å². The van der Waals surface area contributed by atoms with Crippen molar-refractivity contribution in [1.29, 1.82) is 0 Å². The molecule has 0 amide bonds. The maximum absolute atomic E-state index is 6.17. The summed E-state index contributed by atoms with van der Waals surface area (Å²) in [7, 11) is 0. The van der Waals surface area contributed by atoms with E-state index in [0.29, 0.717) is 0 Å². The summed E-state index contributed by atoms with van der Waals surface area (Å²) in [5, 5.41) is 3.89. The van der Waals surface area contributed by atoms with E-state index in [1.807, 2.05) is 0 Å². The van der Waals surface area contributed by atoms with Gasteiger partial charge in [0.15, 0.2) is 0 Å². The minimum absolute atomic E-state index is 0.217. The quantitative estimate of drug-likeness (QED) is 0.729. The summed E-state index contributed by atoms with van der Waals surface area (Å²) in [6, 6.07) is 0. The molecule has 0 aromatic rings. The lowest BCUT2D eigenvalue weighted by atomic mass is 9.67. The molecule has 1 aliphatic rings. The van der Waals surface area contributed by atoms with Gasteiger partial charge in [0.25, 0.3) is 0 Å². The number of nitrogens with two attached hydrogens (primary N) is 1. The Labute approximate surface area is 114 Å². The van der Waals surface area contributed by atoms with Crippen LogP contribution in [0.4, 0.5) is 0 Å². The van der Waals surface area contributed by atoms with Crippen molar-refractivity contribution in [2.75, 3.05) is 13.1 Å². The summed E-state index contributed by atoms with van der Waals surface area (Å²) in [5.41, 5.74) is 6.39. The zero-order valence-electron chi connectivity index (χ0n) is 13.0. The average Bonchev–Trinajstić information content (AvgIpc) is 2.40. The monoisotopic (exact) mass is 254 g/mol. The van der Waals surface area contributed by atoms with Crippen molar-refractivity contribution in [2.45, 2.75) is 71.8 Å². The van der Waals surface area contributed by atoms with Crippen molar-refractivity contribution in [3.8, 4) is 0 Å². The second-order valence-electron chi connectivity index (χ2n) is 6.52. The standard InChI is InChI=1S/C16H34N2/c1-5-14(6-2)11-18-16(12-17)10-8-7-9-15(16)13(3)4/h13-15,18H,5-12,17H2,1-4H3. The van der Waals surface area contributed by atoms with Gasteiger partial charge >= 0.3 is 0 Å². The molecule has 0 aromatic carbocycles. The molecule has 0 heterocycles. The second kappa shape index (κ2) is 7.49. The molecule has 3 N–H and O–H groups in total. The summed E-state index contributed by atoms with van der Waals surface area (Å²) in [4.78, 5) is 0. The van der Waals surface area contributed by atoms with Crippen LogP contribution in [-0.4, -0.2) is 18.6 Å². The Morgan fingerprint density at radius 1 is 1.22 bits per heavy atom. The van der Waals surface area contributed by atoms with Crippen molar-refractivity contribution in [2.24, 2.45) is 23.5 Å². The molecule has 0 spiro atoms. The Bertz CT molecular complexity index is 223. The van der Waals surface area contributed by atoms with Crippen molar-refractivity contribution in [3.05, 3.63) is 0 Å². The number of hydrogen-bond donors (Lipinski definition) is 2. The molecule has 2 atom stereocenters. The first-order valence-corrected chi connectivity index (χ1v) is 8.04. The molecule has 0 bridgehead atoms. The van der Waals surface area contributed by atoms with E-state index < -0.39 is 0 Å². The van der Waals surface area contributed by atoms with Gasteiger partial charge in [-0.1, -0.05) is 53.4 Å². The highest BCUT2D eigenvalue weighted by Gasteiger charge is 2.40. The Morgan fingerprint density at radius 3 is 2.39 bits per heavy atom. The van der Waals surface area contributed by atoms with E-state index in [4.69, 9.17) is 5.73 Å². The molecule has 0 aromatic heterocycles. The van der Waals surface area contributed by atoms with Crippen LogP contribution in [0.25, 0.3) is 0 Å². The van der Waals surface area contributed by atoms with Gasteiger partial charge in [-0.3, -0.25) is 0 Å². The Balaban J connectivity index is 2.68. The third-order valence-corrected chi connectivity index (χ3v) is 5.16. The zero-order valence-corrected chi connectivity index (χ0v) is 13.0. The summed E-state index contributed by atoms with van der Waals surface area (Å²) in [5.74, 6) is 2.30. The molecule has 2 nitrogen and oxygen atoms in total. The summed E-state index contributed by atoms with van der Waals surface area (Å²) in [6.07, 6.45) is 7.90. The summed E-state index contributed by atoms with van der Waals surface area (Å²) < 4.78 is 0. The van der Waals surface area contributed by atoms with E-state index in [9.17, 15) is 0 Å². The maximum atomic E-state index is 6.17. The van der Waals surface area contributed by atoms with Crippen LogP contribution >= 0.6 is 0 Å². The van der Waals surface area contributed by atoms with Gasteiger partial charge in [-0.15, -0.1) is 0 Å². The van der Waals surface area contributed by atoms with Gasteiger partial charge in [0.2, 0.25) is 0 Å². The number of nitrogens with one attached hydrogen (secondary N) is 1. The molecule has 1 saturated carbocycles. The predicted octanol–water partition coefficient (Wildman–Crippen LogP) is 3.56. The average molecular weight is 254 g/mol. The van der Waals surface area contributed by atoms with Gasteiger partial charge in [0, 0.05) is 12.1 Å². The number of rotatable bonds is 7. The zero-order chi connectivity index (χ0) is 13.6. The molecular weight excluding hydrogens is 220 g/mol. The van der Waals surface area contributed by atoms with Crippen LogP contribution in [0, 0.1) is 17.8 Å². The molecule has 108 valence electrons. The topological polar surface area (TPSA) is 38.0 Å². The van der Waals surface area contributed by atoms with Crippen molar-refractivity contribution in [1.82, 2.24) is 5.32 Å². The molecule has 18 heavy (non-hydrogen) atoms. The first-order chi connectivity index (χ1) is 8.59. The maximum Gasteiger partial charge on any atom is 0.0334 e. The fraction of sp³-hybridized carbons (Fsp3) is 1.00. The molecular formula is C16H34N2. The minimum Gasteiger partial charge on any atom is -0.329 e. The van der Waals surface area contributed by atoms with Crippen molar-refractivity contribution < 1.29 is 0 Å². The molecule has 1 rings (SSSR count). The second-order valence-corrected chi connectivity index (χ2v) is 6.52. The van der Waals surface area contributed by atoms with Gasteiger partial charge in [-0.2, -0.15) is 0 Å². The lowest BCUT2D eigenvalue weighted by molar-refractivity contribution is 0.103. The highest BCUT2D eigenvalue weighted by Crippen LogP contribution is 2.38. The molecule has 2 heteroatoms. The largest absolute Gasteiger partial charge is 0.329 e. The van der Waals surface area contributed by atoms with Crippen molar-refractivity contribution >= 4 is 0 Å². The van der Waals surface area contributed by atoms with Crippen LogP contribution in [0.5, 0.6) is 0 Å². The third kappa shape index (κ3) is 3.71. The molecule has 1 aliphatic carbocycles. The van der Waals surface area contributed by atoms with Gasteiger partial charge < -0.3 is 11.1 Å². The van der Waals surface area contributed by atoms with Gasteiger partial charge in [0.05, 0.1) is 0 Å². The fourth-order valence-corrected chi connectivity index (χ4v) is 3.71. The molecule has 0 saturated heterocycles. The van der Waals surface area contributed by atoms with E-state index in [-0.39, 0.29) is 5.54 Å². The fourth-order valence-electron chi connectivity index (χ4n) is 3.71. The third-order valence-electron chi connectivity index (χ3n) is 5.16. The van der Waals surface area contributed by atoms with E-state index in [0.717, 1.165) is 30.8 Å². The lowest BCUT2D eigenvalue weighted by Gasteiger charge is -2.47. The van der Waals surface area contributed by atoms with Crippen LogP contribution < -0.4 is 11.1 Å². The predicted molar refractivity (Wildman–Crippen MR) is 80.7 cm³/mol. The normalized spacial score (nSPS) is 29.2. The SMILES string of the molecule is CCC(CC)CNC1(CN)CCCCC1C(C)C. The first kappa shape index (κ1) is 16.0. The smallest absolute Gasteiger partial charge is 0.0334 e. The van der Waals surface area contributed by atoms with Crippen LogP contribution in [0.3, 0.4) is 0 Å².